The summed E-state index contributed by atoms with van der Waals surface area (Å²) in [5, 5.41) is 18.5. The van der Waals surface area contributed by atoms with Gasteiger partial charge in [-0.2, -0.15) is 4.98 Å². The molecule has 0 radical (unpaired) electrons. The SMILES string of the molecule is COc1cc(Nc2ncc(Br)c(N[C@H](C)[C@@H](C)O)n2)ccc1NC(=O)N[SH](C)(C)=O. The molecule has 2 amide bonds. The van der Waals surface area contributed by atoms with Crippen LogP contribution in [0, 0.1) is 0 Å². The normalized spacial score (nSPS) is 13.7. The Morgan fingerprint density at radius 1 is 1.30 bits per heavy atom. The van der Waals surface area contributed by atoms with Gasteiger partial charge in [0, 0.05) is 30.5 Å². The number of rotatable bonds is 8. The van der Waals surface area contributed by atoms with E-state index in [0.29, 0.717) is 33.4 Å². The predicted molar refractivity (Wildman–Crippen MR) is 124 cm³/mol. The second-order valence-corrected chi connectivity index (χ2v) is 10.8. The number of halogens is 1. The molecule has 10 nitrogen and oxygen atoms in total. The number of methoxy groups -OCH3 is 1. The zero-order chi connectivity index (χ0) is 22.5. The maximum absolute atomic E-state index is 12.0. The Bertz CT molecular complexity index is 952. The lowest BCUT2D eigenvalue weighted by atomic mass is 10.2. The molecule has 2 atom stereocenters. The Labute approximate surface area is 184 Å². The van der Waals surface area contributed by atoms with Gasteiger partial charge >= 0.3 is 6.03 Å². The molecule has 0 unspecified atom stereocenters. The summed E-state index contributed by atoms with van der Waals surface area (Å²) >= 11 is 3.39. The first-order chi connectivity index (χ1) is 14.0. The highest BCUT2D eigenvalue weighted by atomic mass is 79.9. The quantitative estimate of drug-likeness (QED) is 0.303. The lowest BCUT2D eigenvalue weighted by molar-refractivity contribution is 0.177. The van der Waals surface area contributed by atoms with Gasteiger partial charge < -0.3 is 25.8 Å². The fourth-order valence-electron chi connectivity index (χ4n) is 2.26. The first kappa shape index (κ1) is 23.8. The lowest BCUT2D eigenvalue weighted by Crippen LogP contribution is -2.37. The highest BCUT2D eigenvalue weighted by Gasteiger charge is 2.14. The minimum absolute atomic E-state index is 0.206. The molecule has 0 spiro atoms. The molecular weight excluding hydrogens is 476 g/mol. The summed E-state index contributed by atoms with van der Waals surface area (Å²) in [6.45, 7) is 3.53. The molecule has 0 aliphatic carbocycles. The number of nitrogens with zero attached hydrogens (tertiary/aromatic N) is 2. The van der Waals surface area contributed by atoms with Gasteiger partial charge in [-0.1, -0.05) is 0 Å². The van der Waals surface area contributed by atoms with E-state index in [2.05, 4.69) is 46.6 Å². The van der Waals surface area contributed by atoms with E-state index in [1.165, 1.54) is 19.6 Å². The number of ether oxygens (including phenoxy) is 1. The molecule has 5 N–H and O–H groups in total. The largest absolute Gasteiger partial charge is 0.494 e. The monoisotopic (exact) mass is 502 g/mol. The van der Waals surface area contributed by atoms with Gasteiger partial charge in [0.25, 0.3) is 0 Å². The lowest BCUT2D eigenvalue weighted by Gasteiger charge is -2.19. The Balaban J connectivity index is 2.17. The van der Waals surface area contributed by atoms with Crippen molar-refractivity contribution in [1.82, 2.24) is 14.7 Å². The number of urea groups is 1. The maximum Gasteiger partial charge on any atom is 0.329 e. The molecule has 0 fully saturated rings. The number of anilines is 4. The van der Waals surface area contributed by atoms with Gasteiger partial charge in [0.1, 0.15) is 11.6 Å². The average molecular weight is 503 g/mol. The first-order valence-corrected chi connectivity index (χ1v) is 12.4. The number of thiol groups is 1. The van der Waals surface area contributed by atoms with Crippen LogP contribution in [-0.2, 0) is 10.1 Å². The molecule has 1 aromatic carbocycles. The molecule has 0 aliphatic rings. The summed E-state index contributed by atoms with van der Waals surface area (Å²) in [6.07, 6.45) is 3.96. The van der Waals surface area contributed by atoms with Crippen molar-refractivity contribution in [2.24, 2.45) is 0 Å². The van der Waals surface area contributed by atoms with Crippen molar-refractivity contribution in [2.45, 2.75) is 26.0 Å². The zero-order valence-corrected chi connectivity index (χ0v) is 19.8. The van der Waals surface area contributed by atoms with Crippen LogP contribution >= 0.6 is 15.9 Å². The molecule has 1 aromatic heterocycles. The summed E-state index contributed by atoms with van der Waals surface area (Å²) in [5.41, 5.74) is 1.05. The minimum atomic E-state index is -2.72. The summed E-state index contributed by atoms with van der Waals surface area (Å²) < 4.78 is 20.1. The van der Waals surface area contributed by atoms with Crippen molar-refractivity contribution < 1.29 is 18.8 Å². The van der Waals surface area contributed by atoms with Gasteiger partial charge in [-0.25, -0.2) is 9.78 Å². The molecule has 2 aromatic rings. The zero-order valence-electron chi connectivity index (χ0n) is 17.4. The number of aliphatic hydroxyl groups excluding tert-OH is 1. The highest BCUT2D eigenvalue weighted by Crippen LogP contribution is 2.30. The molecule has 0 saturated heterocycles. The Morgan fingerprint density at radius 3 is 2.60 bits per heavy atom. The van der Waals surface area contributed by atoms with E-state index in [1.54, 1.807) is 31.3 Å². The van der Waals surface area contributed by atoms with Crippen LogP contribution in [0.4, 0.5) is 27.9 Å². The third-order valence-corrected chi connectivity index (χ3v) is 5.23. The van der Waals surface area contributed by atoms with Gasteiger partial charge in [0.2, 0.25) is 5.95 Å². The summed E-state index contributed by atoms with van der Waals surface area (Å²) in [6, 6.07) is 4.24. The Hall–Kier alpha value is -2.44. The minimum Gasteiger partial charge on any atom is -0.494 e. The third-order valence-electron chi connectivity index (χ3n) is 3.91. The smallest absolute Gasteiger partial charge is 0.329 e. The van der Waals surface area contributed by atoms with E-state index in [4.69, 9.17) is 4.74 Å². The van der Waals surface area contributed by atoms with Crippen LogP contribution in [0.25, 0.3) is 0 Å². The van der Waals surface area contributed by atoms with Crippen LogP contribution in [-0.4, -0.2) is 57.1 Å². The molecule has 12 heteroatoms. The van der Waals surface area contributed by atoms with Gasteiger partial charge in [-0.05, 0) is 52.0 Å². The van der Waals surface area contributed by atoms with Crippen molar-refractivity contribution in [3.8, 4) is 5.75 Å². The number of hydrogen-bond donors (Lipinski definition) is 6. The summed E-state index contributed by atoms with van der Waals surface area (Å²) in [5.74, 6) is 1.26. The summed E-state index contributed by atoms with van der Waals surface area (Å²) in [4.78, 5) is 20.6. The highest BCUT2D eigenvalue weighted by molar-refractivity contribution is 9.10. The summed E-state index contributed by atoms with van der Waals surface area (Å²) in [7, 11) is -1.25. The van der Waals surface area contributed by atoms with Gasteiger partial charge in [0.15, 0.2) is 0 Å². The maximum atomic E-state index is 12.0. The number of hydrogen-bond acceptors (Lipinski definition) is 8. The second kappa shape index (κ2) is 10.0. The first-order valence-electron chi connectivity index (χ1n) is 9.05. The number of amides is 2. The van der Waals surface area contributed by atoms with Crippen LogP contribution < -0.4 is 25.4 Å². The Kier molecular flexibility index (Phi) is 7.98. The Morgan fingerprint density at radius 2 is 2.00 bits per heavy atom. The molecule has 0 aliphatic heterocycles. The van der Waals surface area contributed by atoms with E-state index < -0.39 is 22.3 Å². The number of aromatic nitrogens is 2. The molecule has 166 valence electrons. The average Bonchev–Trinajstić information content (AvgIpc) is 2.64. The van der Waals surface area contributed by atoms with Crippen LogP contribution in [0.5, 0.6) is 5.75 Å². The van der Waals surface area contributed by atoms with Crippen LogP contribution in [0.1, 0.15) is 13.8 Å². The van der Waals surface area contributed by atoms with Crippen LogP contribution in [0.3, 0.4) is 0 Å². The molecule has 2 rings (SSSR count). The van der Waals surface area contributed by atoms with Crippen molar-refractivity contribution in [3.05, 3.63) is 28.9 Å². The van der Waals surface area contributed by atoms with E-state index in [-0.39, 0.29) is 6.04 Å². The van der Waals surface area contributed by atoms with Gasteiger partial charge in [0.05, 0.1) is 29.4 Å². The number of carbonyl (C=O) groups is 1. The van der Waals surface area contributed by atoms with E-state index >= 15 is 0 Å². The van der Waals surface area contributed by atoms with E-state index in [9.17, 15) is 14.1 Å². The van der Waals surface area contributed by atoms with E-state index in [0.717, 1.165) is 0 Å². The topological polar surface area (TPSA) is 138 Å². The predicted octanol–water partition coefficient (Wildman–Crippen LogP) is 2.49. The second-order valence-electron chi connectivity index (χ2n) is 7.02. The number of carbonyl (C=O) groups excluding carboxylic acids is 1. The van der Waals surface area contributed by atoms with Crippen molar-refractivity contribution in [2.75, 3.05) is 35.6 Å². The molecule has 30 heavy (non-hydrogen) atoms. The molecule has 0 bridgehead atoms. The van der Waals surface area contributed by atoms with Crippen LogP contribution in [0.2, 0.25) is 0 Å². The van der Waals surface area contributed by atoms with Gasteiger partial charge in [-0.3, -0.25) is 8.93 Å². The molecule has 1 heterocycles. The third kappa shape index (κ3) is 7.11. The standard InChI is InChI=1S/C18H27BrN6O4S/c1-10(11(2)26)21-16-13(19)9-20-17(24-16)22-12-6-7-14(15(8-12)29-3)23-18(27)25-30(4,5)28/h6-11,26,30H,1-5H3,(H2,20,21,22,24)(H2,23,25,27,28)/t10-,11-/m1/s1. The van der Waals surface area contributed by atoms with Gasteiger partial charge in [-0.15, -0.1) is 0 Å². The fraction of sp³-hybridized carbons (Fsp3) is 0.389. The number of nitrogens with one attached hydrogen (secondary N) is 4. The molecular formula is C18H27BrN6O4S. The van der Waals surface area contributed by atoms with Crippen LogP contribution in [0.15, 0.2) is 28.9 Å². The van der Waals surface area contributed by atoms with Crippen molar-refractivity contribution >= 4 is 55.2 Å². The van der Waals surface area contributed by atoms with Crippen molar-refractivity contribution in [1.29, 1.82) is 0 Å². The number of benzene rings is 1. The number of aliphatic hydroxyl groups is 1. The fourth-order valence-corrected chi connectivity index (χ4v) is 3.11. The van der Waals surface area contributed by atoms with Crippen molar-refractivity contribution in [3.63, 3.8) is 0 Å². The van der Waals surface area contributed by atoms with E-state index in [1.807, 2.05) is 6.92 Å². The molecule has 0 saturated carbocycles.